The van der Waals surface area contributed by atoms with Gasteiger partial charge < -0.3 is 10.8 Å². The number of benzene rings is 1. The molecule has 3 N–H and O–H groups in total. The zero-order chi connectivity index (χ0) is 10.7. The molecule has 1 unspecified atom stereocenters. The monoisotopic (exact) mass is 193 g/mol. The first-order valence-corrected chi connectivity index (χ1v) is 4.68. The van der Waals surface area contributed by atoms with Crippen molar-refractivity contribution in [1.82, 2.24) is 0 Å². The fourth-order valence-corrected chi connectivity index (χ4v) is 1.65. The summed E-state index contributed by atoms with van der Waals surface area (Å²) in [5, 5.41) is 8.98. The molecule has 0 spiro atoms. The van der Waals surface area contributed by atoms with Crippen molar-refractivity contribution < 1.29 is 9.90 Å². The SMILES string of the molecule is CCc1cccc(C(=O)O)c1C(C)N. The molecule has 14 heavy (non-hydrogen) atoms. The Kier molecular flexibility index (Phi) is 3.25. The minimum atomic E-state index is -0.910. The second kappa shape index (κ2) is 4.24. The van der Waals surface area contributed by atoms with Crippen molar-refractivity contribution in [2.24, 2.45) is 5.73 Å². The second-order valence-electron chi connectivity index (χ2n) is 3.33. The summed E-state index contributed by atoms with van der Waals surface area (Å²) in [4.78, 5) is 10.9. The van der Waals surface area contributed by atoms with Crippen LogP contribution in [0.15, 0.2) is 18.2 Å². The number of rotatable bonds is 3. The average Bonchev–Trinajstić information content (AvgIpc) is 2.16. The minimum Gasteiger partial charge on any atom is -0.478 e. The van der Waals surface area contributed by atoms with Crippen LogP contribution in [-0.2, 0) is 6.42 Å². The molecule has 1 aromatic rings. The Morgan fingerprint density at radius 3 is 2.64 bits per heavy atom. The standard InChI is InChI=1S/C11H15NO2/c1-3-8-5-4-6-9(11(13)14)10(8)7(2)12/h4-7H,3,12H2,1-2H3,(H,13,14). The molecule has 3 nitrogen and oxygen atoms in total. The number of nitrogens with two attached hydrogens (primary N) is 1. The van der Waals surface area contributed by atoms with Crippen LogP contribution in [0, 0.1) is 0 Å². The summed E-state index contributed by atoms with van der Waals surface area (Å²) in [7, 11) is 0. The highest BCUT2D eigenvalue weighted by atomic mass is 16.4. The number of carboxylic acid groups (broad SMARTS) is 1. The van der Waals surface area contributed by atoms with Crippen LogP contribution in [-0.4, -0.2) is 11.1 Å². The molecule has 0 heterocycles. The lowest BCUT2D eigenvalue weighted by Crippen LogP contribution is -2.14. The molecule has 0 aliphatic heterocycles. The summed E-state index contributed by atoms with van der Waals surface area (Å²) in [5.41, 5.74) is 7.85. The van der Waals surface area contributed by atoms with Crippen molar-refractivity contribution in [2.75, 3.05) is 0 Å². The molecule has 0 aromatic heterocycles. The molecule has 76 valence electrons. The summed E-state index contributed by atoms with van der Waals surface area (Å²) in [6.07, 6.45) is 0.804. The van der Waals surface area contributed by atoms with Crippen LogP contribution in [0.25, 0.3) is 0 Å². The summed E-state index contributed by atoms with van der Waals surface area (Å²) in [6, 6.07) is 5.04. The Bertz CT molecular complexity index is 345. The number of hydrogen-bond donors (Lipinski definition) is 2. The number of hydrogen-bond acceptors (Lipinski definition) is 2. The van der Waals surface area contributed by atoms with E-state index in [1.54, 1.807) is 19.1 Å². The van der Waals surface area contributed by atoms with Crippen molar-refractivity contribution in [3.05, 3.63) is 34.9 Å². The van der Waals surface area contributed by atoms with Crippen LogP contribution in [0.1, 0.15) is 41.4 Å². The highest BCUT2D eigenvalue weighted by Crippen LogP contribution is 2.21. The number of carboxylic acids is 1. The van der Waals surface area contributed by atoms with Gasteiger partial charge in [0.05, 0.1) is 5.56 Å². The van der Waals surface area contributed by atoms with Gasteiger partial charge in [0, 0.05) is 6.04 Å². The summed E-state index contributed by atoms with van der Waals surface area (Å²) >= 11 is 0. The third kappa shape index (κ3) is 1.93. The van der Waals surface area contributed by atoms with Crippen molar-refractivity contribution in [1.29, 1.82) is 0 Å². The van der Waals surface area contributed by atoms with E-state index in [0.717, 1.165) is 17.5 Å². The van der Waals surface area contributed by atoms with Gasteiger partial charge in [-0.2, -0.15) is 0 Å². The smallest absolute Gasteiger partial charge is 0.336 e. The van der Waals surface area contributed by atoms with E-state index in [1.807, 2.05) is 13.0 Å². The van der Waals surface area contributed by atoms with E-state index in [9.17, 15) is 4.79 Å². The van der Waals surface area contributed by atoms with E-state index in [-0.39, 0.29) is 6.04 Å². The Labute approximate surface area is 83.6 Å². The minimum absolute atomic E-state index is 0.239. The van der Waals surface area contributed by atoms with Gasteiger partial charge in [-0.25, -0.2) is 4.79 Å². The molecular formula is C11H15NO2. The summed E-state index contributed by atoms with van der Waals surface area (Å²) in [5.74, 6) is -0.910. The van der Waals surface area contributed by atoms with Gasteiger partial charge in [0.1, 0.15) is 0 Å². The lowest BCUT2D eigenvalue weighted by molar-refractivity contribution is 0.0695. The summed E-state index contributed by atoms with van der Waals surface area (Å²) < 4.78 is 0. The van der Waals surface area contributed by atoms with Crippen LogP contribution in [0.2, 0.25) is 0 Å². The molecule has 1 rings (SSSR count). The van der Waals surface area contributed by atoms with Gasteiger partial charge in [0.25, 0.3) is 0 Å². The third-order valence-corrected chi connectivity index (χ3v) is 2.26. The number of carbonyl (C=O) groups is 1. The van der Waals surface area contributed by atoms with Crippen molar-refractivity contribution in [2.45, 2.75) is 26.3 Å². The Morgan fingerprint density at radius 1 is 1.57 bits per heavy atom. The van der Waals surface area contributed by atoms with E-state index < -0.39 is 5.97 Å². The largest absolute Gasteiger partial charge is 0.478 e. The molecule has 1 aromatic carbocycles. The summed E-state index contributed by atoms with van der Waals surface area (Å²) in [6.45, 7) is 3.80. The highest BCUT2D eigenvalue weighted by molar-refractivity contribution is 5.90. The van der Waals surface area contributed by atoms with Crippen LogP contribution in [0.5, 0.6) is 0 Å². The lowest BCUT2D eigenvalue weighted by atomic mass is 9.94. The Morgan fingerprint density at radius 2 is 2.21 bits per heavy atom. The maximum atomic E-state index is 10.9. The first-order valence-electron chi connectivity index (χ1n) is 4.68. The van der Waals surface area contributed by atoms with Gasteiger partial charge in [0.15, 0.2) is 0 Å². The maximum Gasteiger partial charge on any atom is 0.336 e. The van der Waals surface area contributed by atoms with Gasteiger partial charge in [-0.1, -0.05) is 19.1 Å². The van der Waals surface area contributed by atoms with Crippen LogP contribution in [0.3, 0.4) is 0 Å². The van der Waals surface area contributed by atoms with E-state index in [0.29, 0.717) is 5.56 Å². The Balaban J connectivity index is 3.35. The van der Waals surface area contributed by atoms with Crippen LogP contribution in [0.4, 0.5) is 0 Å². The number of aryl methyl sites for hydroxylation is 1. The average molecular weight is 193 g/mol. The molecule has 0 saturated carbocycles. The van der Waals surface area contributed by atoms with E-state index in [2.05, 4.69) is 0 Å². The molecule has 0 amide bonds. The van der Waals surface area contributed by atoms with Crippen molar-refractivity contribution in [3.8, 4) is 0 Å². The predicted molar refractivity (Wildman–Crippen MR) is 55.4 cm³/mol. The zero-order valence-electron chi connectivity index (χ0n) is 8.45. The first kappa shape index (κ1) is 10.7. The van der Waals surface area contributed by atoms with Crippen molar-refractivity contribution >= 4 is 5.97 Å². The Hall–Kier alpha value is -1.35. The third-order valence-electron chi connectivity index (χ3n) is 2.26. The molecule has 3 heteroatoms. The normalized spacial score (nSPS) is 12.5. The van der Waals surface area contributed by atoms with Crippen LogP contribution >= 0.6 is 0 Å². The van der Waals surface area contributed by atoms with Gasteiger partial charge in [-0.15, -0.1) is 0 Å². The topological polar surface area (TPSA) is 63.3 Å². The van der Waals surface area contributed by atoms with Gasteiger partial charge in [0.2, 0.25) is 0 Å². The molecule has 0 aliphatic carbocycles. The molecule has 0 bridgehead atoms. The zero-order valence-corrected chi connectivity index (χ0v) is 8.45. The first-order chi connectivity index (χ1) is 6.57. The highest BCUT2D eigenvalue weighted by Gasteiger charge is 2.15. The van der Waals surface area contributed by atoms with Gasteiger partial charge in [-0.05, 0) is 30.5 Å². The van der Waals surface area contributed by atoms with E-state index >= 15 is 0 Å². The molecule has 0 aliphatic rings. The molecular weight excluding hydrogens is 178 g/mol. The molecule has 0 radical (unpaired) electrons. The second-order valence-corrected chi connectivity index (χ2v) is 3.33. The maximum absolute atomic E-state index is 10.9. The lowest BCUT2D eigenvalue weighted by Gasteiger charge is -2.14. The van der Waals surface area contributed by atoms with Crippen LogP contribution < -0.4 is 5.73 Å². The molecule has 0 fully saturated rings. The molecule has 1 atom stereocenters. The van der Waals surface area contributed by atoms with Gasteiger partial charge >= 0.3 is 5.97 Å². The quantitative estimate of drug-likeness (QED) is 0.771. The molecule has 0 saturated heterocycles. The van der Waals surface area contributed by atoms with E-state index in [4.69, 9.17) is 10.8 Å². The van der Waals surface area contributed by atoms with E-state index in [1.165, 1.54) is 0 Å². The van der Waals surface area contributed by atoms with Gasteiger partial charge in [-0.3, -0.25) is 0 Å². The van der Waals surface area contributed by atoms with Crippen molar-refractivity contribution in [3.63, 3.8) is 0 Å². The fourth-order valence-electron chi connectivity index (χ4n) is 1.65. The fraction of sp³-hybridized carbons (Fsp3) is 0.364. The number of aromatic carboxylic acids is 1. The predicted octanol–water partition coefficient (Wildman–Crippen LogP) is 1.97.